The van der Waals surface area contributed by atoms with E-state index in [4.69, 9.17) is 0 Å². The second-order valence-electron chi connectivity index (χ2n) is 6.75. The zero-order valence-electron chi connectivity index (χ0n) is 15.6. The molecule has 8 nitrogen and oxygen atoms in total. The fourth-order valence-electron chi connectivity index (χ4n) is 2.96. The van der Waals surface area contributed by atoms with E-state index in [1.807, 2.05) is 24.8 Å². The molecular formula is C18H27N5O3. The maximum Gasteiger partial charge on any atom is 0.269 e. The van der Waals surface area contributed by atoms with Crippen LogP contribution >= 0.6 is 0 Å². The van der Waals surface area contributed by atoms with Crippen LogP contribution in [0.15, 0.2) is 29.3 Å². The van der Waals surface area contributed by atoms with E-state index in [0.717, 1.165) is 31.5 Å². The molecule has 0 aromatic heterocycles. The Morgan fingerprint density at radius 3 is 2.65 bits per heavy atom. The zero-order valence-corrected chi connectivity index (χ0v) is 15.6. The number of likely N-dealkylation sites (tertiary alicyclic amines) is 1. The van der Waals surface area contributed by atoms with Crippen molar-refractivity contribution in [2.45, 2.75) is 39.3 Å². The molecule has 1 saturated heterocycles. The summed E-state index contributed by atoms with van der Waals surface area (Å²) in [6.45, 7) is 5.79. The molecule has 2 rings (SSSR count). The Hall–Kier alpha value is -2.64. The molecule has 1 aliphatic heterocycles. The van der Waals surface area contributed by atoms with E-state index in [1.54, 1.807) is 19.2 Å². The summed E-state index contributed by atoms with van der Waals surface area (Å²) in [6, 6.07) is 6.79. The number of guanidine groups is 1. The average Bonchev–Trinajstić information content (AvgIpc) is 2.65. The Morgan fingerprint density at radius 1 is 1.38 bits per heavy atom. The smallest absolute Gasteiger partial charge is 0.269 e. The number of hydrogen-bond acceptors (Lipinski definition) is 4. The molecule has 142 valence electrons. The van der Waals surface area contributed by atoms with Gasteiger partial charge in [-0.05, 0) is 18.4 Å². The second kappa shape index (κ2) is 9.17. The van der Waals surface area contributed by atoms with Crippen molar-refractivity contribution in [3.05, 3.63) is 39.9 Å². The van der Waals surface area contributed by atoms with Crippen molar-refractivity contribution in [2.24, 2.45) is 10.9 Å². The third-order valence-electron chi connectivity index (χ3n) is 4.45. The van der Waals surface area contributed by atoms with E-state index >= 15 is 0 Å². The molecule has 1 fully saturated rings. The van der Waals surface area contributed by atoms with Gasteiger partial charge >= 0.3 is 0 Å². The summed E-state index contributed by atoms with van der Waals surface area (Å²) < 4.78 is 0. The van der Waals surface area contributed by atoms with Crippen LogP contribution in [0.25, 0.3) is 0 Å². The Balaban J connectivity index is 1.83. The minimum Gasteiger partial charge on any atom is -0.354 e. The van der Waals surface area contributed by atoms with Crippen LogP contribution in [-0.4, -0.2) is 47.9 Å². The van der Waals surface area contributed by atoms with Crippen molar-refractivity contribution < 1.29 is 9.72 Å². The van der Waals surface area contributed by atoms with Crippen molar-refractivity contribution in [1.82, 2.24) is 15.5 Å². The molecule has 8 heteroatoms. The number of nitrogens with zero attached hydrogens (tertiary/aromatic N) is 3. The van der Waals surface area contributed by atoms with Gasteiger partial charge in [0, 0.05) is 50.8 Å². The fraction of sp³-hybridized carbons (Fsp3) is 0.556. The van der Waals surface area contributed by atoms with Gasteiger partial charge in [0.2, 0.25) is 5.91 Å². The van der Waals surface area contributed by atoms with E-state index in [2.05, 4.69) is 15.6 Å². The maximum atomic E-state index is 12.0. The molecule has 1 amide bonds. The molecule has 0 bridgehead atoms. The first-order valence-electron chi connectivity index (χ1n) is 8.90. The summed E-state index contributed by atoms with van der Waals surface area (Å²) >= 11 is 0. The first kappa shape index (κ1) is 19.7. The van der Waals surface area contributed by atoms with E-state index in [9.17, 15) is 14.9 Å². The minimum atomic E-state index is -0.400. The highest BCUT2D eigenvalue weighted by atomic mass is 16.6. The van der Waals surface area contributed by atoms with Crippen LogP contribution in [0.1, 0.15) is 32.3 Å². The molecule has 0 aliphatic carbocycles. The predicted octanol–water partition coefficient (Wildman–Crippen LogP) is 1.91. The lowest BCUT2D eigenvalue weighted by atomic mass is 10.0. The lowest BCUT2D eigenvalue weighted by Gasteiger charge is -2.34. The Labute approximate surface area is 153 Å². The van der Waals surface area contributed by atoms with Gasteiger partial charge < -0.3 is 15.5 Å². The molecule has 0 spiro atoms. The lowest BCUT2D eigenvalue weighted by Crippen LogP contribution is -2.50. The number of piperidine rings is 1. The van der Waals surface area contributed by atoms with Gasteiger partial charge in [-0.15, -0.1) is 0 Å². The monoisotopic (exact) mass is 361 g/mol. The number of hydrogen-bond donors (Lipinski definition) is 2. The first-order valence-corrected chi connectivity index (χ1v) is 8.90. The Kier molecular flexibility index (Phi) is 6.94. The van der Waals surface area contributed by atoms with Crippen molar-refractivity contribution in [1.29, 1.82) is 0 Å². The SMILES string of the molecule is CN=C(NCc1cccc([N+](=O)[O-])c1)NC1CCN(C(=O)C(C)C)CC1. The highest BCUT2D eigenvalue weighted by molar-refractivity contribution is 5.80. The van der Waals surface area contributed by atoms with Crippen LogP contribution in [0.3, 0.4) is 0 Å². The summed E-state index contributed by atoms with van der Waals surface area (Å²) in [7, 11) is 1.69. The molecule has 26 heavy (non-hydrogen) atoms. The molecule has 1 aromatic rings. The minimum absolute atomic E-state index is 0.0314. The molecule has 1 aliphatic rings. The lowest BCUT2D eigenvalue weighted by molar-refractivity contribution is -0.384. The fourth-order valence-corrected chi connectivity index (χ4v) is 2.96. The number of benzene rings is 1. The molecule has 0 unspecified atom stereocenters. The van der Waals surface area contributed by atoms with Gasteiger partial charge in [0.25, 0.3) is 5.69 Å². The number of rotatable bonds is 5. The number of aliphatic imine (C=N–C) groups is 1. The summed E-state index contributed by atoms with van der Waals surface area (Å²) in [4.78, 5) is 28.6. The van der Waals surface area contributed by atoms with Crippen molar-refractivity contribution in [2.75, 3.05) is 20.1 Å². The van der Waals surface area contributed by atoms with Crippen LogP contribution in [0.5, 0.6) is 0 Å². The molecule has 0 atom stereocenters. The quantitative estimate of drug-likeness (QED) is 0.361. The molecular weight excluding hydrogens is 334 g/mol. The molecule has 0 saturated carbocycles. The predicted molar refractivity (Wildman–Crippen MR) is 101 cm³/mol. The first-order chi connectivity index (χ1) is 12.4. The second-order valence-corrected chi connectivity index (χ2v) is 6.75. The van der Waals surface area contributed by atoms with Gasteiger partial charge in [0.15, 0.2) is 5.96 Å². The zero-order chi connectivity index (χ0) is 19.1. The van der Waals surface area contributed by atoms with Gasteiger partial charge in [-0.3, -0.25) is 19.9 Å². The summed E-state index contributed by atoms with van der Waals surface area (Å²) in [5.74, 6) is 0.894. The third kappa shape index (κ3) is 5.44. The average molecular weight is 361 g/mol. The van der Waals surface area contributed by atoms with Gasteiger partial charge in [0.05, 0.1) is 4.92 Å². The van der Waals surface area contributed by atoms with Crippen LogP contribution in [-0.2, 0) is 11.3 Å². The normalized spacial score (nSPS) is 15.8. The van der Waals surface area contributed by atoms with E-state index in [1.165, 1.54) is 6.07 Å². The number of amides is 1. The standard InChI is InChI=1S/C18H27N5O3/c1-13(2)17(24)22-9-7-15(8-10-22)21-18(19-3)20-12-14-5-4-6-16(11-14)23(25)26/h4-6,11,13,15H,7-10,12H2,1-3H3,(H2,19,20,21). The topological polar surface area (TPSA) is 99.9 Å². The van der Waals surface area contributed by atoms with Gasteiger partial charge in [0.1, 0.15) is 0 Å². The van der Waals surface area contributed by atoms with Crippen molar-refractivity contribution in [3.63, 3.8) is 0 Å². The number of non-ortho nitro benzene ring substituents is 1. The van der Waals surface area contributed by atoms with Crippen LogP contribution in [0.2, 0.25) is 0 Å². The number of carbonyl (C=O) groups is 1. The highest BCUT2D eigenvalue weighted by Crippen LogP contribution is 2.14. The van der Waals surface area contributed by atoms with Crippen LogP contribution < -0.4 is 10.6 Å². The van der Waals surface area contributed by atoms with Crippen molar-refractivity contribution in [3.8, 4) is 0 Å². The number of carbonyl (C=O) groups excluding carboxylic acids is 1. The van der Waals surface area contributed by atoms with Gasteiger partial charge in [-0.2, -0.15) is 0 Å². The number of nitrogens with one attached hydrogen (secondary N) is 2. The molecule has 1 aromatic carbocycles. The summed E-state index contributed by atoms with van der Waals surface area (Å²) in [5, 5.41) is 17.4. The molecule has 1 heterocycles. The van der Waals surface area contributed by atoms with Crippen molar-refractivity contribution >= 4 is 17.6 Å². The molecule has 2 N–H and O–H groups in total. The maximum absolute atomic E-state index is 12.0. The van der Waals surface area contributed by atoms with Crippen LogP contribution in [0.4, 0.5) is 5.69 Å². The summed E-state index contributed by atoms with van der Waals surface area (Å²) in [6.07, 6.45) is 1.74. The largest absolute Gasteiger partial charge is 0.354 e. The molecule has 0 radical (unpaired) electrons. The Morgan fingerprint density at radius 2 is 2.08 bits per heavy atom. The van der Waals surface area contributed by atoms with Crippen LogP contribution in [0, 0.1) is 16.0 Å². The highest BCUT2D eigenvalue weighted by Gasteiger charge is 2.24. The van der Waals surface area contributed by atoms with E-state index in [0.29, 0.717) is 12.5 Å². The van der Waals surface area contributed by atoms with Gasteiger partial charge in [-0.1, -0.05) is 26.0 Å². The van der Waals surface area contributed by atoms with E-state index < -0.39 is 4.92 Å². The van der Waals surface area contributed by atoms with Gasteiger partial charge in [-0.25, -0.2) is 0 Å². The Bertz CT molecular complexity index is 667. The third-order valence-corrected chi connectivity index (χ3v) is 4.45. The van der Waals surface area contributed by atoms with E-state index in [-0.39, 0.29) is 23.6 Å². The summed E-state index contributed by atoms with van der Waals surface area (Å²) in [5.41, 5.74) is 0.897. The number of nitro benzene ring substituents is 1. The number of nitro groups is 1.